The Balaban J connectivity index is 1.89. The van der Waals surface area contributed by atoms with Crippen LogP contribution in [0.15, 0.2) is 44.5 Å². The number of hydrogen-bond donors (Lipinski definition) is 1. The van der Waals surface area contributed by atoms with Crippen LogP contribution in [0.1, 0.15) is 42.1 Å². The molecule has 1 aliphatic heterocycles. The van der Waals surface area contributed by atoms with Crippen molar-refractivity contribution in [2.75, 3.05) is 6.54 Å². The Labute approximate surface area is 134 Å². The summed E-state index contributed by atoms with van der Waals surface area (Å²) in [5.41, 5.74) is 0. The Bertz CT molecular complexity index is 794. The quantitative estimate of drug-likeness (QED) is 0.922. The van der Waals surface area contributed by atoms with E-state index in [4.69, 9.17) is 14.0 Å². The van der Waals surface area contributed by atoms with Crippen LogP contribution in [0.2, 0.25) is 0 Å². The lowest BCUT2D eigenvalue weighted by Gasteiger charge is -2.36. The summed E-state index contributed by atoms with van der Waals surface area (Å²) in [5.74, 6) is 0.766. The number of hydrogen-bond acceptors (Lipinski definition) is 5. The van der Waals surface area contributed by atoms with Crippen molar-refractivity contribution in [3.05, 3.63) is 42.0 Å². The molecule has 0 aromatic carbocycles. The van der Waals surface area contributed by atoms with Gasteiger partial charge in [0.05, 0.1) is 12.3 Å². The van der Waals surface area contributed by atoms with Gasteiger partial charge in [-0.25, -0.2) is 13.6 Å². The second-order valence-electron chi connectivity index (χ2n) is 5.82. The van der Waals surface area contributed by atoms with E-state index in [1.165, 1.54) is 12.1 Å². The molecule has 1 aliphatic rings. The van der Waals surface area contributed by atoms with Crippen LogP contribution in [0.25, 0.3) is 0 Å². The van der Waals surface area contributed by atoms with E-state index in [0.29, 0.717) is 18.2 Å². The van der Waals surface area contributed by atoms with Gasteiger partial charge in [-0.3, -0.25) is 4.79 Å². The number of furan rings is 2. The summed E-state index contributed by atoms with van der Waals surface area (Å²) < 4.78 is 33.1. The fourth-order valence-electron chi connectivity index (χ4n) is 2.86. The van der Waals surface area contributed by atoms with Gasteiger partial charge in [0.1, 0.15) is 5.76 Å². The van der Waals surface area contributed by atoms with E-state index in [0.717, 1.165) is 12.8 Å². The van der Waals surface area contributed by atoms with E-state index in [1.54, 1.807) is 17.2 Å². The van der Waals surface area contributed by atoms with Gasteiger partial charge in [-0.05, 0) is 43.0 Å². The molecule has 0 aliphatic carbocycles. The maximum atomic E-state index is 12.7. The van der Waals surface area contributed by atoms with Gasteiger partial charge in [-0.2, -0.15) is 0 Å². The van der Waals surface area contributed by atoms with Crippen LogP contribution in [0.5, 0.6) is 0 Å². The molecule has 8 heteroatoms. The second kappa shape index (κ2) is 5.86. The largest absolute Gasteiger partial charge is 0.467 e. The molecule has 1 fully saturated rings. The molecule has 23 heavy (non-hydrogen) atoms. The number of piperidine rings is 1. The lowest BCUT2D eigenvalue weighted by atomic mass is 9.91. The molecule has 2 N–H and O–H groups in total. The third-order valence-corrected chi connectivity index (χ3v) is 4.85. The lowest BCUT2D eigenvalue weighted by molar-refractivity contribution is 0.0484. The average molecular weight is 338 g/mol. The van der Waals surface area contributed by atoms with Crippen molar-refractivity contribution in [1.82, 2.24) is 4.90 Å². The molecule has 3 heterocycles. The highest BCUT2D eigenvalue weighted by Crippen LogP contribution is 2.35. The molecule has 1 saturated heterocycles. The van der Waals surface area contributed by atoms with Crippen molar-refractivity contribution in [2.45, 2.75) is 30.9 Å². The highest BCUT2D eigenvalue weighted by molar-refractivity contribution is 7.89. The molecule has 0 spiro atoms. The number of carbonyl (C=O) groups excluding carboxylic acids is 1. The third-order valence-electron chi connectivity index (χ3n) is 4.07. The van der Waals surface area contributed by atoms with Crippen LogP contribution >= 0.6 is 0 Å². The number of amides is 1. The van der Waals surface area contributed by atoms with Gasteiger partial charge in [0, 0.05) is 6.54 Å². The standard InChI is InChI=1S/C15H18N2O5S/c1-10-6-7-17(11(9-10)12-3-2-8-21-12)15(18)13-4-5-14(22-13)23(16,19)20/h2-5,8,10-11H,6-7,9H2,1H3,(H2,16,19,20)/t10-,11+/m0/s1. The number of nitrogens with zero attached hydrogens (tertiary/aromatic N) is 1. The van der Waals surface area contributed by atoms with Gasteiger partial charge in [0.25, 0.3) is 15.9 Å². The van der Waals surface area contributed by atoms with Crippen molar-refractivity contribution in [2.24, 2.45) is 11.1 Å². The summed E-state index contributed by atoms with van der Waals surface area (Å²) in [6.07, 6.45) is 3.22. The van der Waals surface area contributed by atoms with Crippen molar-refractivity contribution in [3.8, 4) is 0 Å². The number of sulfonamides is 1. The first-order chi connectivity index (χ1) is 10.9. The maximum absolute atomic E-state index is 12.7. The van der Waals surface area contributed by atoms with E-state index < -0.39 is 15.1 Å². The van der Waals surface area contributed by atoms with Gasteiger partial charge in [-0.1, -0.05) is 6.92 Å². The molecule has 1 amide bonds. The van der Waals surface area contributed by atoms with Crippen LogP contribution < -0.4 is 5.14 Å². The predicted molar refractivity (Wildman–Crippen MR) is 81.0 cm³/mol. The normalized spacial score (nSPS) is 22.3. The Kier molecular flexibility index (Phi) is 4.03. The molecule has 7 nitrogen and oxygen atoms in total. The summed E-state index contributed by atoms with van der Waals surface area (Å²) in [6, 6.07) is 5.95. The molecule has 3 rings (SSSR count). The molecule has 0 saturated carbocycles. The van der Waals surface area contributed by atoms with E-state index >= 15 is 0 Å². The molecule has 2 aromatic heterocycles. The van der Waals surface area contributed by atoms with E-state index in [9.17, 15) is 13.2 Å². The molecule has 2 atom stereocenters. The Hall–Kier alpha value is -2.06. The average Bonchev–Trinajstić information content (AvgIpc) is 3.17. The van der Waals surface area contributed by atoms with Crippen LogP contribution in [-0.2, 0) is 10.0 Å². The summed E-state index contributed by atoms with van der Waals surface area (Å²) in [7, 11) is -3.97. The first-order valence-electron chi connectivity index (χ1n) is 7.33. The number of primary sulfonamides is 1. The second-order valence-corrected chi connectivity index (χ2v) is 7.32. The molecule has 2 aromatic rings. The zero-order valence-corrected chi connectivity index (χ0v) is 13.5. The zero-order chi connectivity index (χ0) is 16.6. The SMILES string of the molecule is C[C@H]1CCN(C(=O)c2ccc(S(N)(=O)=O)o2)[C@@H](c2ccco2)C1. The Morgan fingerprint density at radius 2 is 2.13 bits per heavy atom. The lowest BCUT2D eigenvalue weighted by Crippen LogP contribution is -2.40. The number of carbonyl (C=O) groups is 1. The van der Waals surface area contributed by atoms with Crippen molar-refractivity contribution >= 4 is 15.9 Å². The highest BCUT2D eigenvalue weighted by Gasteiger charge is 2.34. The van der Waals surface area contributed by atoms with E-state index in [2.05, 4.69) is 6.92 Å². The molecule has 124 valence electrons. The van der Waals surface area contributed by atoms with Gasteiger partial charge in [-0.15, -0.1) is 0 Å². The summed E-state index contributed by atoms with van der Waals surface area (Å²) in [5, 5.41) is 4.59. The molecule has 0 bridgehead atoms. The maximum Gasteiger partial charge on any atom is 0.290 e. The van der Waals surface area contributed by atoms with Gasteiger partial charge in [0.2, 0.25) is 5.09 Å². The minimum absolute atomic E-state index is 0.0415. The molecule has 0 unspecified atom stereocenters. The van der Waals surface area contributed by atoms with E-state index in [1.807, 2.05) is 6.07 Å². The fraction of sp³-hybridized carbons (Fsp3) is 0.400. The first kappa shape index (κ1) is 15.8. The molecular weight excluding hydrogens is 320 g/mol. The van der Waals surface area contributed by atoms with Gasteiger partial charge in [0.15, 0.2) is 5.76 Å². The van der Waals surface area contributed by atoms with Crippen LogP contribution in [0, 0.1) is 5.92 Å². The van der Waals surface area contributed by atoms with Gasteiger partial charge < -0.3 is 13.7 Å². The summed E-state index contributed by atoms with van der Waals surface area (Å²) >= 11 is 0. The van der Waals surface area contributed by atoms with E-state index in [-0.39, 0.29) is 17.7 Å². The fourth-order valence-corrected chi connectivity index (χ4v) is 3.33. The molecule has 0 radical (unpaired) electrons. The summed E-state index contributed by atoms with van der Waals surface area (Å²) in [6.45, 7) is 2.68. The van der Waals surface area contributed by atoms with Crippen molar-refractivity contribution < 1.29 is 22.0 Å². The van der Waals surface area contributed by atoms with Crippen molar-refractivity contribution in [3.63, 3.8) is 0 Å². The topological polar surface area (TPSA) is 107 Å². The smallest absolute Gasteiger partial charge is 0.290 e. The minimum Gasteiger partial charge on any atom is -0.467 e. The monoisotopic (exact) mass is 338 g/mol. The molecular formula is C15H18N2O5S. The minimum atomic E-state index is -3.97. The van der Waals surface area contributed by atoms with Crippen LogP contribution in [-0.4, -0.2) is 25.8 Å². The first-order valence-corrected chi connectivity index (χ1v) is 8.88. The third kappa shape index (κ3) is 3.18. The number of rotatable bonds is 3. The zero-order valence-electron chi connectivity index (χ0n) is 12.6. The highest BCUT2D eigenvalue weighted by atomic mass is 32.2. The number of likely N-dealkylation sites (tertiary alicyclic amines) is 1. The Morgan fingerprint density at radius 3 is 2.74 bits per heavy atom. The van der Waals surface area contributed by atoms with Crippen LogP contribution in [0.4, 0.5) is 0 Å². The van der Waals surface area contributed by atoms with Crippen LogP contribution in [0.3, 0.4) is 0 Å². The summed E-state index contributed by atoms with van der Waals surface area (Å²) in [4.78, 5) is 14.4. The van der Waals surface area contributed by atoms with Crippen molar-refractivity contribution in [1.29, 1.82) is 0 Å². The predicted octanol–water partition coefficient (Wildman–Crippen LogP) is 2.13. The van der Waals surface area contributed by atoms with Gasteiger partial charge >= 0.3 is 0 Å². The number of nitrogens with two attached hydrogens (primary N) is 1. The Morgan fingerprint density at radius 1 is 1.35 bits per heavy atom.